The highest BCUT2D eigenvalue weighted by Crippen LogP contribution is 2.28. The third-order valence-corrected chi connectivity index (χ3v) is 4.98. The van der Waals surface area contributed by atoms with Crippen molar-refractivity contribution in [2.24, 2.45) is 14.1 Å². The fourth-order valence-electron chi connectivity index (χ4n) is 2.81. The number of ether oxygens (including phenoxy) is 1. The SMILES string of the molecule is COc1ccc(CNc2ccc3c(c2)n(C)c(=O)n3C)cc1SC. The van der Waals surface area contributed by atoms with Crippen LogP contribution in [0.3, 0.4) is 0 Å². The number of aromatic nitrogens is 2. The molecule has 0 saturated carbocycles. The zero-order chi connectivity index (χ0) is 17.3. The number of benzene rings is 2. The van der Waals surface area contributed by atoms with Gasteiger partial charge in [0.1, 0.15) is 5.75 Å². The highest BCUT2D eigenvalue weighted by Gasteiger charge is 2.08. The number of methoxy groups -OCH3 is 1. The summed E-state index contributed by atoms with van der Waals surface area (Å²) in [5, 5.41) is 3.42. The van der Waals surface area contributed by atoms with Crippen LogP contribution in [0.5, 0.6) is 5.75 Å². The van der Waals surface area contributed by atoms with Crippen LogP contribution in [0.1, 0.15) is 5.56 Å². The van der Waals surface area contributed by atoms with Gasteiger partial charge in [0, 0.05) is 31.2 Å². The van der Waals surface area contributed by atoms with Crippen molar-refractivity contribution in [3.63, 3.8) is 0 Å². The first-order valence-corrected chi connectivity index (χ1v) is 8.88. The summed E-state index contributed by atoms with van der Waals surface area (Å²) in [4.78, 5) is 13.1. The fourth-order valence-corrected chi connectivity index (χ4v) is 3.43. The summed E-state index contributed by atoms with van der Waals surface area (Å²) in [6, 6.07) is 12.2. The molecule has 24 heavy (non-hydrogen) atoms. The number of thioether (sulfide) groups is 1. The summed E-state index contributed by atoms with van der Waals surface area (Å²) in [7, 11) is 5.27. The van der Waals surface area contributed by atoms with Crippen molar-refractivity contribution in [1.82, 2.24) is 9.13 Å². The van der Waals surface area contributed by atoms with Crippen LogP contribution in [-0.4, -0.2) is 22.5 Å². The van der Waals surface area contributed by atoms with Crippen LogP contribution in [0.2, 0.25) is 0 Å². The number of fused-ring (bicyclic) bond motifs is 1. The average Bonchev–Trinajstić information content (AvgIpc) is 2.83. The van der Waals surface area contributed by atoms with E-state index in [1.54, 1.807) is 42.1 Å². The summed E-state index contributed by atoms with van der Waals surface area (Å²) in [5.74, 6) is 0.895. The molecule has 5 nitrogen and oxygen atoms in total. The Morgan fingerprint density at radius 1 is 1.08 bits per heavy atom. The zero-order valence-electron chi connectivity index (χ0n) is 14.3. The molecule has 0 spiro atoms. The van der Waals surface area contributed by atoms with Crippen molar-refractivity contribution in [2.75, 3.05) is 18.7 Å². The van der Waals surface area contributed by atoms with Crippen molar-refractivity contribution in [1.29, 1.82) is 0 Å². The molecule has 3 rings (SSSR count). The van der Waals surface area contributed by atoms with E-state index < -0.39 is 0 Å². The predicted molar refractivity (Wildman–Crippen MR) is 100 cm³/mol. The second-order valence-electron chi connectivity index (χ2n) is 5.65. The van der Waals surface area contributed by atoms with E-state index in [0.29, 0.717) is 6.54 Å². The van der Waals surface area contributed by atoms with Gasteiger partial charge in [0.05, 0.1) is 18.1 Å². The van der Waals surface area contributed by atoms with Crippen LogP contribution in [0.15, 0.2) is 46.1 Å². The molecule has 0 unspecified atom stereocenters. The van der Waals surface area contributed by atoms with Crippen molar-refractivity contribution in [2.45, 2.75) is 11.4 Å². The molecule has 0 atom stereocenters. The third kappa shape index (κ3) is 2.89. The van der Waals surface area contributed by atoms with Gasteiger partial charge in [-0.2, -0.15) is 0 Å². The van der Waals surface area contributed by atoms with Gasteiger partial charge in [-0.15, -0.1) is 11.8 Å². The number of anilines is 1. The molecule has 0 amide bonds. The molecule has 0 aliphatic heterocycles. The van der Waals surface area contributed by atoms with Gasteiger partial charge in [-0.3, -0.25) is 9.13 Å². The maximum Gasteiger partial charge on any atom is 0.328 e. The number of aryl methyl sites for hydroxylation is 2. The molecule has 0 bridgehead atoms. The van der Waals surface area contributed by atoms with Crippen molar-refractivity contribution in [3.8, 4) is 5.75 Å². The maximum absolute atomic E-state index is 12.0. The van der Waals surface area contributed by atoms with Crippen LogP contribution < -0.4 is 15.7 Å². The van der Waals surface area contributed by atoms with E-state index in [-0.39, 0.29) is 5.69 Å². The normalized spacial score (nSPS) is 11.0. The molecule has 126 valence electrons. The van der Waals surface area contributed by atoms with Gasteiger partial charge in [-0.1, -0.05) is 6.07 Å². The largest absolute Gasteiger partial charge is 0.496 e. The number of hydrogen-bond acceptors (Lipinski definition) is 4. The van der Waals surface area contributed by atoms with Gasteiger partial charge in [-0.25, -0.2) is 4.79 Å². The van der Waals surface area contributed by atoms with Crippen LogP contribution in [-0.2, 0) is 20.6 Å². The van der Waals surface area contributed by atoms with Crippen LogP contribution in [0.25, 0.3) is 11.0 Å². The van der Waals surface area contributed by atoms with E-state index in [1.165, 1.54) is 5.56 Å². The lowest BCUT2D eigenvalue weighted by Crippen LogP contribution is -2.19. The second kappa shape index (κ2) is 6.65. The second-order valence-corrected chi connectivity index (χ2v) is 6.50. The Bertz CT molecular complexity index is 943. The minimum atomic E-state index is -0.0121. The summed E-state index contributed by atoms with van der Waals surface area (Å²) < 4.78 is 8.68. The summed E-state index contributed by atoms with van der Waals surface area (Å²) >= 11 is 1.67. The van der Waals surface area contributed by atoms with Gasteiger partial charge >= 0.3 is 5.69 Å². The number of imidazole rings is 1. The smallest absolute Gasteiger partial charge is 0.328 e. The average molecular weight is 343 g/mol. The minimum absolute atomic E-state index is 0.0121. The lowest BCUT2D eigenvalue weighted by Gasteiger charge is -2.11. The first kappa shape index (κ1) is 16.5. The Morgan fingerprint density at radius 2 is 1.83 bits per heavy atom. The molecular formula is C18H21N3O2S. The predicted octanol–water partition coefficient (Wildman–Crippen LogP) is 3.22. The van der Waals surface area contributed by atoms with Gasteiger partial charge in [0.25, 0.3) is 0 Å². The number of nitrogens with one attached hydrogen (secondary N) is 1. The molecule has 6 heteroatoms. The summed E-state index contributed by atoms with van der Waals surface area (Å²) in [6.45, 7) is 0.712. The monoisotopic (exact) mass is 343 g/mol. The fraction of sp³-hybridized carbons (Fsp3) is 0.278. The Labute approximate surface area is 145 Å². The minimum Gasteiger partial charge on any atom is -0.496 e. The van der Waals surface area contributed by atoms with Gasteiger partial charge in [0.15, 0.2) is 0 Å². The zero-order valence-corrected chi connectivity index (χ0v) is 15.1. The van der Waals surface area contributed by atoms with E-state index >= 15 is 0 Å². The van der Waals surface area contributed by atoms with Crippen molar-refractivity contribution < 1.29 is 4.74 Å². The highest BCUT2D eigenvalue weighted by atomic mass is 32.2. The van der Waals surface area contributed by atoms with E-state index in [9.17, 15) is 4.79 Å². The maximum atomic E-state index is 12.0. The Kier molecular flexibility index (Phi) is 4.57. The molecule has 0 fully saturated rings. The lowest BCUT2D eigenvalue weighted by atomic mass is 10.2. The number of nitrogens with zero attached hydrogens (tertiary/aromatic N) is 2. The van der Waals surface area contributed by atoms with Gasteiger partial charge in [-0.05, 0) is 42.2 Å². The lowest BCUT2D eigenvalue weighted by molar-refractivity contribution is 0.404. The number of rotatable bonds is 5. The van der Waals surface area contributed by atoms with E-state index in [2.05, 4.69) is 17.4 Å². The first-order valence-electron chi connectivity index (χ1n) is 7.65. The molecule has 0 aliphatic rings. The third-order valence-electron chi connectivity index (χ3n) is 4.22. The molecule has 1 N–H and O–H groups in total. The topological polar surface area (TPSA) is 48.2 Å². The number of hydrogen-bond donors (Lipinski definition) is 1. The first-order chi connectivity index (χ1) is 11.5. The Hall–Kier alpha value is -2.34. The summed E-state index contributed by atoms with van der Waals surface area (Å²) in [6.07, 6.45) is 2.04. The van der Waals surface area contributed by atoms with Gasteiger partial charge < -0.3 is 10.1 Å². The van der Waals surface area contributed by atoms with Crippen molar-refractivity contribution >= 4 is 28.5 Å². The standard InChI is InChI=1S/C18H21N3O2S/c1-20-14-7-6-13(10-15(14)21(2)18(20)22)19-11-12-5-8-16(23-3)17(9-12)24-4/h5-10,19H,11H2,1-4H3. The molecule has 0 saturated heterocycles. The quantitative estimate of drug-likeness (QED) is 0.723. The Morgan fingerprint density at radius 3 is 2.54 bits per heavy atom. The summed E-state index contributed by atoms with van der Waals surface area (Å²) in [5.41, 5.74) is 4.02. The van der Waals surface area contributed by atoms with E-state index in [4.69, 9.17) is 4.74 Å². The Balaban J connectivity index is 1.83. The van der Waals surface area contributed by atoms with E-state index in [0.717, 1.165) is 27.4 Å². The van der Waals surface area contributed by atoms with Crippen LogP contribution in [0, 0.1) is 0 Å². The molecule has 0 aliphatic carbocycles. The molecule has 1 heterocycles. The molecular weight excluding hydrogens is 322 g/mol. The molecule has 1 aromatic heterocycles. The van der Waals surface area contributed by atoms with Crippen molar-refractivity contribution in [3.05, 3.63) is 52.4 Å². The van der Waals surface area contributed by atoms with E-state index in [1.807, 2.05) is 30.5 Å². The molecule has 2 aromatic carbocycles. The molecule has 3 aromatic rings. The van der Waals surface area contributed by atoms with Gasteiger partial charge in [0.2, 0.25) is 0 Å². The molecule has 0 radical (unpaired) electrons. The van der Waals surface area contributed by atoms with Crippen LogP contribution in [0.4, 0.5) is 5.69 Å². The van der Waals surface area contributed by atoms with Crippen LogP contribution >= 0.6 is 11.8 Å². The highest BCUT2D eigenvalue weighted by molar-refractivity contribution is 7.98.